The zero-order valence-corrected chi connectivity index (χ0v) is 7.21. The third kappa shape index (κ3) is 3.66. The molecule has 1 N–H and O–H groups in total. The van der Waals surface area contributed by atoms with Crippen LogP contribution in [-0.2, 0) is 10.1 Å². The van der Waals surface area contributed by atoms with Crippen molar-refractivity contribution < 1.29 is 17.7 Å². The van der Waals surface area contributed by atoms with E-state index in [1.54, 1.807) is 6.07 Å². The van der Waals surface area contributed by atoms with E-state index in [2.05, 4.69) is 0 Å². The van der Waals surface area contributed by atoms with Gasteiger partial charge in [0.1, 0.15) is 10.6 Å². The molecule has 0 heterocycles. The second-order valence-corrected chi connectivity index (χ2v) is 3.52. The Kier molecular flexibility index (Phi) is 5.69. The molecule has 0 bridgehead atoms. The third-order valence-electron chi connectivity index (χ3n) is 1.35. The Morgan fingerprint density at radius 2 is 1.85 bits per heavy atom. The molecule has 68 valence electrons. The summed E-state index contributed by atoms with van der Waals surface area (Å²) >= 11 is 0. The summed E-state index contributed by atoms with van der Waals surface area (Å²) in [6.45, 7) is 0. The normalized spacial score (nSPS) is 10.3. The molecule has 0 radical (unpaired) electrons. The summed E-state index contributed by atoms with van der Waals surface area (Å²) in [7, 11) is -2.83. The summed E-state index contributed by atoms with van der Waals surface area (Å²) in [6.07, 6.45) is 0. The molecular weight excluding hydrogens is 219 g/mol. The first-order valence-electron chi connectivity index (χ1n) is 3.16. The molecule has 6 heteroatoms. The minimum atomic E-state index is -4.17. The van der Waals surface area contributed by atoms with E-state index in [9.17, 15) is 8.42 Å². The van der Waals surface area contributed by atoms with Crippen molar-refractivity contribution in [1.29, 1.82) is 0 Å². The number of ether oxygens (including phenoxy) is 1. The van der Waals surface area contributed by atoms with Gasteiger partial charge >= 0.3 is 51.4 Å². The average molecular weight is 228 g/mol. The Hall–Kier alpha value is 0.566. The van der Waals surface area contributed by atoms with E-state index in [1.807, 2.05) is 0 Å². The van der Waals surface area contributed by atoms with Gasteiger partial charge in [0.2, 0.25) is 0 Å². The van der Waals surface area contributed by atoms with Crippen molar-refractivity contribution in [2.24, 2.45) is 0 Å². The van der Waals surface area contributed by atoms with Crippen LogP contribution in [0.1, 0.15) is 0 Å². The molecule has 0 aliphatic heterocycles. The number of hydrogen-bond donors (Lipinski definition) is 1. The molecule has 0 aromatic heterocycles. The Bertz CT molecular complexity index is 374. The van der Waals surface area contributed by atoms with Gasteiger partial charge in [-0.3, -0.25) is 4.55 Å². The van der Waals surface area contributed by atoms with Crippen LogP contribution >= 0.6 is 0 Å². The van der Waals surface area contributed by atoms with Crippen LogP contribution in [0.3, 0.4) is 0 Å². The topological polar surface area (TPSA) is 63.6 Å². The van der Waals surface area contributed by atoms with Gasteiger partial charge in [-0.15, -0.1) is 0 Å². The summed E-state index contributed by atoms with van der Waals surface area (Å²) in [5.74, 6) is 0.139. The van der Waals surface area contributed by atoms with E-state index in [4.69, 9.17) is 9.29 Å². The number of rotatable bonds is 2. The van der Waals surface area contributed by atoms with Crippen molar-refractivity contribution in [3.8, 4) is 5.75 Å². The van der Waals surface area contributed by atoms with Gasteiger partial charge in [0.25, 0.3) is 10.1 Å². The van der Waals surface area contributed by atoms with Gasteiger partial charge in [0.15, 0.2) is 0 Å². The molecule has 0 saturated carbocycles. The van der Waals surface area contributed by atoms with E-state index in [1.165, 1.54) is 25.3 Å². The number of hydrogen-bond acceptors (Lipinski definition) is 3. The summed E-state index contributed by atoms with van der Waals surface area (Å²) in [5, 5.41) is 0. The van der Waals surface area contributed by atoms with Crippen LogP contribution < -0.4 is 4.74 Å². The van der Waals surface area contributed by atoms with Gasteiger partial charge in [-0.25, -0.2) is 0 Å². The average Bonchev–Trinajstić information content (AvgIpc) is 2.03. The maximum absolute atomic E-state index is 10.7. The van der Waals surface area contributed by atoms with Crippen molar-refractivity contribution >= 4 is 61.5 Å². The molecule has 0 atom stereocenters. The van der Waals surface area contributed by atoms with Crippen molar-refractivity contribution in [1.82, 2.24) is 0 Å². The second kappa shape index (κ2) is 5.45. The van der Waals surface area contributed by atoms with Gasteiger partial charge in [0.05, 0.1) is 7.11 Å². The number of methoxy groups -OCH3 is 1. The first kappa shape index (κ1) is 13.6. The molecule has 1 rings (SSSR count). The first-order valence-corrected chi connectivity index (χ1v) is 4.60. The zero-order valence-electron chi connectivity index (χ0n) is 6.39. The molecule has 0 unspecified atom stereocenters. The summed E-state index contributed by atoms with van der Waals surface area (Å²) in [5.41, 5.74) is 0. The number of benzene rings is 1. The number of para-hydroxylation sites is 1. The van der Waals surface area contributed by atoms with Crippen molar-refractivity contribution in [2.45, 2.75) is 4.90 Å². The molecule has 0 aliphatic carbocycles. The summed E-state index contributed by atoms with van der Waals surface area (Å²) in [6, 6.07) is 5.86. The Labute approximate surface area is 119 Å². The van der Waals surface area contributed by atoms with Gasteiger partial charge in [-0.05, 0) is 12.1 Å². The van der Waals surface area contributed by atoms with Crippen molar-refractivity contribution in [2.75, 3.05) is 7.11 Å². The Balaban J connectivity index is 0.00000144. The van der Waals surface area contributed by atoms with E-state index in [0.717, 1.165) is 0 Å². The summed E-state index contributed by atoms with van der Waals surface area (Å²) < 4.78 is 34.8. The van der Waals surface area contributed by atoms with Crippen LogP contribution in [0.5, 0.6) is 5.75 Å². The zero-order chi connectivity index (χ0) is 9.19. The van der Waals surface area contributed by atoms with Crippen LogP contribution in [-0.4, -0.2) is 71.5 Å². The van der Waals surface area contributed by atoms with E-state index < -0.39 is 10.1 Å². The first-order chi connectivity index (χ1) is 5.55. The molecule has 0 saturated heterocycles. The molecular formula is C7H9KO4S. The molecule has 13 heavy (non-hydrogen) atoms. The fraction of sp³-hybridized carbons (Fsp3) is 0.143. The van der Waals surface area contributed by atoms with E-state index in [-0.39, 0.29) is 62.0 Å². The quantitative estimate of drug-likeness (QED) is 0.584. The fourth-order valence-corrected chi connectivity index (χ4v) is 1.49. The maximum atomic E-state index is 10.7. The molecule has 0 amide bonds. The molecule has 0 spiro atoms. The van der Waals surface area contributed by atoms with Crippen molar-refractivity contribution in [3.05, 3.63) is 24.3 Å². The predicted molar refractivity (Wildman–Crippen MR) is 50.0 cm³/mol. The van der Waals surface area contributed by atoms with Crippen LogP contribution in [0.2, 0.25) is 0 Å². The van der Waals surface area contributed by atoms with Crippen molar-refractivity contribution in [3.63, 3.8) is 0 Å². The third-order valence-corrected chi connectivity index (χ3v) is 2.24. The van der Waals surface area contributed by atoms with Gasteiger partial charge in [-0.1, -0.05) is 12.1 Å². The van der Waals surface area contributed by atoms with Crippen LogP contribution in [0, 0.1) is 0 Å². The molecule has 1 aromatic carbocycles. The molecule has 0 fully saturated rings. The van der Waals surface area contributed by atoms with Crippen LogP contribution in [0.4, 0.5) is 0 Å². The Morgan fingerprint density at radius 1 is 1.31 bits per heavy atom. The van der Waals surface area contributed by atoms with E-state index >= 15 is 0 Å². The predicted octanol–water partition coefficient (Wildman–Crippen LogP) is 0.293. The molecule has 1 aromatic rings. The molecule has 4 nitrogen and oxygen atoms in total. The van der Waals surface area contributed by atoms with Crippen LogP contribution in [0.25, 0.3) is 0 Å². The standard InChI is InChI=1S/C7H8O4S.K.H/c1-11-6-4-2-3-5-7(6)12(8,9)10;;/h2-5H,1H3,(H,8,9,10);;. The fourth-order valence-electron chi connectivity index (χ4n) is 0.832. The second-order valence-electron chi connectivity index (χ2n) is 2.13. The summed E-state index contributed by atoms with van der Waals surface area (Å²) in [4.78, 5) is -0.215. The van der Waals surface area contributed by atoms with Gasteiger partial charge in [0, 0.05) is 0 Å². The molecule has 0 aliphatic rings. The van der Waals surface area contributed by atoms with Crippen LogP contribution in [0.15, 0.2) is 29.2 Å². The minimum absolute atomic E-state index is 0. The SMILES string of the molecule is COc1ccccc1S(=O)(=O)O.[KH]. The Morgan fingerprint density at radius 3 is 2.23 bits per heavy atom. The van der Waals surface area contributed by atoms with Gasteiger partial charge in [-0.2, -0.15) is 8.42 Å². The van der Waals surface area contributed by atoms with E-state index in [0.29, 0.717) is 0 Å². The monoisotopic (exact) mass is 228 g/mol. The van der Waals surface area contributed by atoms with Gasteiger partial charge < -0.3 is 4.74 Å².